The normalized spacial score (nSPS) is 11.4. The van der Waals surface area contributed by atoms with Crippen LogP contribution in [0.2, 0.25) is 0 Å². The van der Waals surface area contributed by atoms with E-state index in [1.165, 1.54) is 30.5 Å². The number of aromatic nitrogens is 2. The summed E-state index contributed by atoms with van der Waals surface area (Å²) in [6.07, 6.45) is 2.76. The first kappa shape index (κ1) is 23.8. The fourth-order valence-corrected chi connectivity index (χ4v) is 4.97. The average Bonchev–Trinajstić information content (AvgIpc) is 3.41. The van der Waals surface area contributed by atoms with E-state index in [2.05, 4.69) is 34.4 Å². The second kappa shape index (κ2) is 10.3. The third-order valence-electron chi connectivity index (χ3n) is 5.92. The Bertz CT molecular complexity index is 1340. The van der Waals surface area contributed by atoms with Crippen LogP contribution in [-0.4, -0.2) is 59.3 Å². The third kappa shape index (κ3) is 4.80. The van der Waals surface area contributed by atoms with Gasteiger partial charge in [0.1, 0.15) is 5.82 Å². The molecule has 178 valence electrons. The lowest BCUT2D eigenvalue weighted by Crippen LogP contribution is -2.29. The van der Waals surface area contributed by atoms with E-state index in [-0.39, 0.29) is 11.5 Å². The number of fused-ring (bicyclic) bond motifs is 3. The molecule has 2 aromatic carbocycles. The van der Waals surface area contributed by atoms with Crippen LogP contribution in [0.15, 0.2) is 42.6 Å². The van der Waals surface area contributed by atoms with E-state index in [0.29, 0.717) is 23.4 Å². The highest BCUT2D eigenvalue weighted by Crippen LogP contribution is 2.30. The van der Waals surface area contributed by atoms with Crippen molar-refractivity contribution in [3.8, 4) is 11.3 Å². The molecule has 0 saturated heterocycles. The first-order valence-corrected chi connectivity index (χ1v) is 12.2. The number of amides is 2. The molecule has 2 aromatic heterocycles. The number of hydrogen-bond acceptors (Lipinski definition) is 5. The number of benzene rings is 2. The highest BCUT2D eigenvalue weighted by molar-refractivity contribution is 7.23. The second-order valence-corrected chi connectivity index (χ2v) is 8.98. The van der Waals surface area contributed by atoms with Crippen molar-refractivity contribution in [2.45, 2.75) is 20.3 Å². The minimum Gasteiger partial charge on any atom is -0.355 e. The first-order valence-electron chi connectivity index (χ1n) is 11.4. The number of nitrogens with zero attached hydrogens (tertiary/aromatic N) is 3. The molecule has 0 radical (unpaired) electrons. The highest BCUT2D eigenvalue weighted by atomic mass is 32.1. The van der Waals surface area contributed by atoms with Crippen LogP contribution in [0, 0.1) is 5.82 Å². The highest BCUT2D eigenvalue weighted by Gasteiger charge is 2.16. The molecule has 0 fully saturated rings. The molecule has 0 bridgehead atoms. The molecule has 4 rings (SSSR count). The first-order chi connectivity index (χ1) is 16.4. The number of hydrogen-bond donors (Lipinski definition) is 2. The Morgan fingerprint density at radius 3 is 2.62 bits per heavy atom. The molecule has 7 nitrogen and oxygen atoms in total. The molecule has 2 N–H and O–H groups in total. The van der Waals surface area contributed by atoms with E-state index >= 15 is 0 Å². The maximum Gasteiger partial charge on any atom is 0.253 e. The molecule has 2 amide bonds. The molecule has 0 aliphatic carbocycles. The fraction of sp³-hybridized carbons (Fsp3) is 0.320. The van der Waals surface area contributed by atoms with Crippen molar-refractivity contribution < 1.29 is 14.0 Å². The van der Waals surface area contributed by atoms with Gasteiger partial charge >= 0.3 is 0 Å². The molecule has 0 atom stereocenters. The largest absolute Gasteiger partial charge is 0.355 e. The van der Waals surface area contributed by atoms with Crippen molar-refractivity contribution in [2.24, 2.45) is 0 Å². The van der Waals surface area contributed by atoms with Crippen molar-refractivity contribution in [1.29, 1.82) is 0 Å². The zero-order valence-electron chi connectivity index (χ0n) is 19.5. The van der Waals surface area contributed by atoms with Gasteiger partial charge in [-0.1, -0.05) is 31.3 Å². The lowest BCUT2D eigenvalue weighted by atomic mass is 10.1. The molecule has 9 heteroatoms. The second-order valence-electron chi connectivity index (χ2n) is 7.97. The number of carbonyl (C=O) groups is 2. The monoisotopic (exact) mass is 481 g/mol. The van der Waals surface area contributed by atoms with Crippen LogP contribution in [0.4, 0.5) is 4.39 Å². The zero-order chi connectivity index (χ0) is 24.2. The number of nitrogens with one attached hydrogen (secondary N) is 2. The predicted octanol–water partition coefficient (Wildman–Crippen LogP) is 4.18. The summed E-state index contributed by atoms with van der Waals surface area (Å²) in [4.78, 5) is 32.0. The summed E-state index contributed by atoms with van der Waals surface area (Å²) in [5.74, 6) is -1.14. The summed E-state index contributed by atoms with van der Waals surface area (Å²) >= 11 is 1.47. The number of rotatable bonds is 9. The van der Waals surface area contributed by atoms with Crippen LogP contribution in [-0.2, 0) is 0 Å². The van der Waals surface area contributed by atoms with Gasteiger partial charge in [0.25, 0.3) is 11.8 Å². The SMILES string of the molecule is CCN(CC)CCCNC(=O)c1ccc2c(c1)sc1nc(-c3ccc(C(=O)NC)c(F)c3)cn12. The zero-order valence-corrected chi connectivity index (χ0v) is 20.3. The van der Waals surface area contributed by atoms with Gasteiger partial charge in [0.15, 0.2) is 4.96 Å². The van der Waals surface area contributed by atoms with E-state index in [0.717, 1.165) is 41.2 Å². The van der Waals surface area contributed by atoms with Gasteiger partial charge in [0.05, 0.1) is 21.5 Å². The van der Waals surface area contributed by atoms with E-state index in [1.54, 1.807) is 6.07 Å². The van der Waals surface area contributed by atoms with Gasteiger partial charge in [-0.3, -0.25) is 14.0 Å². The molecule has 0 aliphatic heterocycles. The lowest BCUT2D eigenvalue weighted by Gasteiger charge is -2.17. The summed E-state index contributed by atoms with van der Waals surface area (Å²) in [5, 5.41) is 5.43. The lowest BCUT2D eigenvalue weighted by molar-refractivity contribution is 0.0946. The van der Waals surface area contributed by atoms with Gasteiger partial charge in [-0.15, -0.1) is 0 Å². The van der Waals surface area contributed by atoms with Crippen LogP contribution < -0.4 is 10.6 Å². The molecule has 4 aromatic rings. The van der Waals surface area contributed by atoms with Gasteiger partial charge in [0.2, 0.25) is 0 Å². The maximum atomic E-state index is 14.4. The average molecular weight is 482 g/mol. The fourth-order valence-electron chi connectivity index (χ4n) is 3.92. The third-order valence-corrected chi connectivity index (χ3v) is 6.94. The Morgan fingerprint density at radius 1 is 1.12 bits per heavy atom. The number of thiazole rings is 1. The summed E-state index contributed by atoms with van der Waals surface area (Å²) in [7, 11) is 1.47. The molecule has 2 heterocycles. The number of imidazole rings is 1. The molecule has 0 saturated carbocycles. The standard InChI is InChI=1S/C25H28FN5O2S/c1-4-30(5-2)12-6-11-28-23(32)17-8-10-21-22(14-17)34-25-29-20(15-31(21)25)16-7-9-18(19(26)13-16)24(33)27-3/h7-10,13-15H,4-6,11-12H2,1-3H3,(H,27,33)(H,28,32). The summed E-state index contributed by atoms with van der Waals surface area (Å²) in [5.41, 5.74) is 2.75. The van der Waals surface area contributed by atoms with Crippen molar-refractivity contribution in [3.63, 3.8) is 0 Å². The molecule has 0 spiro atoms. The van der Waals surface area contributed by atoms with Crippen LogP contribution >= 0.6 is 11.3 Å². The van der Waals surface area contributed by atoms with Gasteiger partial charge < -0.3 is 15.5 Å². The minimum atomic E-state index is -0.592. The van der Waals surface area contributed by atoms with Gasteiger partial charge in [-0.2, -0.15) is 0 Å². The summed E-state index contributed by atoms with van der Waals surface area (Å²) < 4.78 is 17.3. The topological polar surface area (TPSA) is 78.7 Å². The van der Waals surface area contributed by atoms with Gasteiger partial charge in [-0.05, 0) is 56.4 Å². The number of carbonyl (C=O) groups excluding carboxylic acids is 2. The van der Waals surface area contributed by atoms with Crippen molar-refractivity contribution in [3.05, 3.63) is 59.5 Å². The summed E-state index contributed by atoms with van der Waals surface area (Å²) in [6.45, 7) is 7.91. The Hall–Kier alpha value is -3.30. The molecule has 0 unspecified atom stereocenters. The van der Waals surface area contributed by atoms with E-state index in [4.69, 9.17) is 0 Å². The van der Waals surface area contributed by atoms with Gasteiger partial charge in [0, 0.05) is 30.9 Å². The van der Waals surface area contributed by atoms with Crippen LogP contribution in [0.5, 0.6) is 0 Å². The van der Waals surface area contributed by atoms with Crippen molar-refractivity contribution >= 4 is 38.3 Å². The quantitative estimate of drug-likeness (QED) is 0.352. The van der Waals surface area contributed by atoms with Crippen LogP contribution in [0.3, 0.4) is 0 Å². The maximum absolute atomic E-state index is 14.4. The van der Waals surface area contributed by atoms with E-state index in [1.807, 2.05) is 28.8 Å². The Labute approximate surface area is 201 Å². The summed E-state index contributed by atoms with van der Waals surface area (Å²) in [6, 6.07) is 10.1. The van der Waals surface area contributed by atoms with Crippen molar-refractivity contribution in [2.75, 3.05) is 33.2 Å². The van der Waals surface area contributed by atoms with Crippen LogP contribution in [0.1, 0.15) is 41.0 Å². The molecule has 0 aliphatic rings. The smallest absolute Gasteiger partial charge is 0.253 e. The Kier molecular flexibility index (Phi) is 7.23. The minimum absolute atomic E-state index is 0.00317. The van der Waals surface area contributed by atoms with E-state index in [9.17, 15) is 14.0 Å². The van der Waals surface area contributed by atoms with Crippen molar-refractivity contribution in [1.82, 2.24) is 24.9 Å². The Morgan fingerprint density at radius 2 is 1.91 bits per heavy atom. The molecule has 34 heavy (non-hydrogen) atoms. The number of halogens is 1. The molecular formula is C25H28FN5O2S. The predicted molar refractivity (Wildman–Crippen MR) is 134 cm³/mol. The van der Waals surface area contributed by atoms with Crippen LogP contribution in [0.25, 0.3) is 26.4 Å². The van der Waals surface area contributed by atoms with E-state index < -0.39 is 11.7 Å². The van der Waals surface area contributed by atoms with Gasteiger partial charge in [-0.25, -0.2) is 9.37 Å². The Balaban J connectivity index is 1.50. The molecular weight excluding hydrogens is 453 g/mol.